The van der Waals surface area contributed by atoms with E-state index in [9.17, 15) is 9.59 Å². The Morgan fingerprint density at radius 1 is 1.09 bits per heavy atom. The van der Waals surface area contributed by atoms with Crippen molar-refractivity contribution in [3.63, 3.8) is 0 Å². The number of hydrogen-bond donors (Lipinski definition) is 1. The third-order valence-electron chi connectivity index (χ3n) is 5.13. The molecule has 3 rings (SSSR count). The number of anilines is 1. The molecule has 178 valence electrons. The normalized spacial score (nSPS) is 13.6. The van der Waals surface area contributed by atoms with Crippen molar-refractivity contribution in [1.82, 2.24) is 0 Å². The molecule has 1 N–H and O–H groups in total. The van der Waals surface area contributed by atoms with Crippen molar-refractivity contribution in [2.45, 2.75) is 19.4 Å². The van der Waals surface area contributed by atoms with Crippen molar-refractivity contribution in [2.75, 3.05) is 40.0 Å². The van der Waals surface area contributed by atoms with Crippen LogP contribution in [0, 0.1) is 5.92 Å². The Morgan fingerprint density at radius 2 is 1.73 bits per heavy atom. The van der Waals surface area contributed by atoms with E-state index >= 15 is 0 Å². The molecule has 0 unspecified atom stereocenters. The summed E-state index contributed by atoms with van der Waals surface area (Å²) < 4.78 is 33.0. The Balaban J connectivity index is 1.93. The van der Waals surface area contributed by atoms with E-state index in [2.05, 4.69) is 21.2 Å². The minimum Gasteiger partial charge on any atom is -0.493 e. The summed E-state index contributed by atoms with van der Waals surface area (Å²) >= 11 is 3.51. The van der Waals surface area contributed by atoms with Crippen molar-refractivity contribution in [2.24, 2.45) is 5.92 Å². The molecule has 9 nitrogen and oxygen atoms in total. The maximum absolute atomic E-state index is 12.9. The zero-order chi connectivity index (χ0) is 24.0. The Labute approximate surface area is 200 Å². The molecule has 0 saturated carbocycles. The van der Waals surface area contributed by atoms with Gasteiger partial charge in [0.25, 0.3) is 0 Å². The van der Waals surface area contributed by atoms with E-state index in [0.717, 1.165) is 16.3 Å². The summed E-state index contributed by atoms with van der Waals surface area (Å²) in [5.74, 6) is 1.12. The predicted molar refractivity (Wildman–Crippen MR) is 124 cm³/mol. The van der Waals surface area contributed by atoms with Gasteiger partial charge >= 0.3 is 5.97 Å². The summed E-state index contributed by atoms with van der Waals surface area (Å²) in [5, 5.41) is 3.11. The maximum atomic E-state index is 12.9. The third kappa shape index (κ3) is 5.44. The van der Waals surface area contributed by atoms with Crippen LogP contribution >= 0.6 is 15.9 Å². The fourth-order valence-electron chi connectivity index (χ4n) is 3.53. The van der Waals surface area contributed by atoms with Crippen molar-refractivity contribution in [3.8, 4) is 28.7 Å². The van der Waals surface area contributed by atoms with Gasteiger partial charge in [-0.3, -0.25) is 0 Å². The molecule has 1 aliphatic heterocycles. The lowest BCUT2D eigenvalue weighted by Gasteiger charge is -2.25. The lowest BCUT2D eigenvalue weighted by Crippen LogP contribution is -2.40. The van der Waals surface area contributed by atoms with Crippen LogP contribution in [0.25, 0.3) is 0 Å². The summed E-state index contributed by atoms with van der Waals surface area (Å²) in [7, 11) is 4.49. The highest BCUT2D eigenvalue weighted by molar-refractivity contribution is 9.10. The molecule has 0 saturated heterocycles. The van der Waals surface area contributed by atoms with Gasteiger partial charge in [0.1, 0.15) is 12.3 Å². The highest BCUT2D eigenvalue weighted by Crippen LogP contribution is 2.41. The molecule has 0 fully saturated rings. The number of aldehydes is 1. The van der Waals surface area contributed by atoms with Crippen molar-refractivity contribution >= 4 is 33.9 Å². The summed E-state index contributed by atoms with van der Waals surface area (Å²) in [6, 6.07) is 5.93. The molecule has 0 bridgehead atoms. The molecule has 2 aromatic carbocycles. The average Bonchev–Trinajstić information content (AvgIpc) is 3.27. The molecule has 0 aromatic heterocycles. The molecular weight excluding hydrogens is 498 g/mol. The number of rotatable bonds is 11. The van der Waals surface area contributed by atoms with Gasteiger partial charge < -0.3 is 38.5 Å². The minimum atomic E-state index is -0.970. The van der Waals surface area contributed by atoms with Crippen LogP contribution in [-0.4, -0.2) is 53.0 Å². The second-order valence-corrected chi connectivity index (χ2v) is 7.94. The van der Waals surface area contributed by atoms with Crippen LogP contribution in [0.1, 0.15) is 12.5 Å². The van der Waals surface area contributed by atoms with E-state index in [1.807, 2.05) is 0 Å². The summed E-state index contributed by atoms with van der Waals surface area (Å²) in [6.07, 6.45) is 0.991. The number of hydrogen-bond acceptors (Lipinski definition) is 9. The zero-order valence-electron chi connectivity index (χ0n) is 18.8. The number of esters is 1. The first-order valence-corrected chi connectivity index (χ1v) is 11.0. The van der Waals surface area contributed by atoms with Gasteiger partial charge in [-0.05, 0) is 31.0 Å². The Hall–Kier alpha value is -3.14. The average molecular weight is 524 g/mol. The monoisotopic (exact) mass is 523 g/mol. The number of benzene rings is 2. The smallest absolute Gasteiger partial charge is 0.329 e. The molecule has 0 spiro atoms. The van der Waals surface area contributed by atoms with Gasteiger partial charge in [0, 0.05) is 28.2 Å². The van der Waals surface area contributed by atoms with Gasteiger partial charge in [0.2, 0.25) is 12.5 Å². The van der Waals surface area contributed by atoms with Crippen molar-refractivity contribution in [1.29, 1.82) is 0 Å². The van der Waals surface area contributed by atoms with Gasteiger partial charge in [0.05, 0.1) is 27.9 Å². The zero-order valence-corrected chi connectivity index (χ0v) is 20.4. The molecule has 0 radical (unpaired) electrons. The molecule has 0 aliphatic carbocycles. The van der Waals surface area contributed by atoms with Crippen LogP contribution in [0.5, 0.6) is 28.7 Å². The lowest BCUT2D eigenvalue weighted by molar-refractivity contribution is -0.146. The van der Waals surface area contributed by atoms with Crippen LogP contribution in [-0.2, 0) is 20.7 Å². The van der Waals surface area contributed by atoms with Crippen LogP contribution < -0.4 is 29.0 Å². The van der Waals surface area contributed by atoms with Crippen LogP contribution in [0.4, 0.5) is 5.69 Å². The molecular formula is C23H26BrNO8. The number of carbonyl (C=O) groups excluding carboxylic acids is 2. The SMILES string of the molecule is CCOC(=O)[C@H](Nc1cc(OC)c(OC)c(OC)c1)[C@H](C=O)Cc1cc2c(cc1Br)OCO2. The Kier molecular flexibility index (Phi) is 8.26. The third-order valence-corrected chi connectivity index (χ3v) is 5.87. The minimum absolute atomic E-state index is 0.135. The number of halogens is 1. The van der Waals surface area contributed by atoms with Gasteiger partial charge in [-0.15, -0.1) is 0 Å². The highest BCUT2D eigenvalue weighted by atomic mass is 79.9. The topological polar surface area (TPSA) is 102 Å². The standard InChI is InChI=1S/C23H26BrNO8/c1-5-31-23(27)21(25-15-8-19(28-2)22(30-4)20(9-15)29-3)14(11-26)6-13-7-17-18(10-16(13)24)33-12-32-17/h7-11,14,21,25H,5-6,12H2,1-4H3/t14-,21+/m0/s1. The van der Waals surface area contributed by atoms with E-state index in [0.29, 0.717) is 34.4 Å². The molecule has 1 heterocycles. The maximum Gasteiger partial charge on any atom is 0.329 e. The number of methoxy groups -OCH3 is 3. The second kappa shape index (κ2) is 11.1. The van der Waals surface area contributed by atoms with Crippen LogP contribution in [0.15, 0.2) is 28.7 Å². The molecule has 2 atom stereocenters. The number of nitrogens with one attached hydrogen (secondary N) is 1. The van der Waals surface area contributed by atoms with Gasteiger partial charge in [-0.2, -0.15) is 0 Å². The molecule has 33 heavy (non-hydrogen) atoms. The van der Waals surface area contributed by atoms with E-state index in [1.54, 1.807) is 31.2 Å². The summed E-state index contributed by atoms with van der Waals surface area (Å²) in [5.41, 5.74) is 1.29. The van der Waals surface area contributed by atoms with Crippen LogP contribution in [0.3, 0.4) is 0 Å². The van der Waals surface area contributed by atoms with Gasteiger partial charge in [-0.25, -0.2) is 4.79 Å². The van der Waals surface area contributed by atoms with Crippen molar-refractivity contribution < 1.29 is 38.0 Å². The van der Waals surface area contributed by atoms with E-state index < -0.39 is 17.9 Å². The number of carbonyl (C=O) groups is 2. The Morgan fingerprint density at radius 3 is 2.27 bits per heavy atom. The number of ether oxygens (including phenoxy) is 6. The first kappa shape index (κ1) is 24.5. The molecule has 10 heteroatoms. The first-order valence-electron chi connectivity index (χ1n) is 10.2. The highest BCUT2D eigenvalue weighted by Gasteiger charge is 2.31. The van der Waals surface area contributed by atoms with E-state index in [4.69, 9.17) is 28.4 Å². The van der Waals surface area contributed by atoms with E-state index in [1.165, 1.54) is 21.3 Å². The van der Waals surface area contributed by atoms with Gasteiger partial charge in [0.15, 0.2) is 23.0 Å². The fraction of sp³-hybridized carbons (Fsp3) is 0.391. The molecule has 1 aliphatic rings. The fourth-order valence-corrected chi connectivity index (χ4v) is 4.02. The molecule has 0 amide bonds. The quantitative estimate of drug-likeness (QED) is 0.349. The summed E-state index contributed by atoms with van der Waals surface area (Å²) in [6.45, 7) is 2.01. The predicted octanol–water partition coefficient (Wildman–Crippen LogP) is 3.61. The van der Waals surface area contributed by atoms with Gasteiger partial charge in [-0.1, -0.05) is 15.9 Å². The second-order valence-electron chi connectivity index (χ2n) is 7.09. The van der Waals surface area contributed by atoms with Crippen molar-refractivity contribution in [3.05, 3.63) is 34.3 Å². The molecule has 2 aromatic rings. The number of fused-ring (bicyclic) bond motifs is 1. The van der Waals surface area contributed by atoms with E-state index in [-0.39, 0.29) is 19.8 Å². The Bertz CT molecular complexity index is 987. The van der Waals surface area contributed by atoms with Crippen LogP contribution in [0.2, 0.25) is 0 Å². The first-order chi connectivity index (χ1) is 15.9. The lowest BCUT2D eigenvalue weighted by atomic mass is 9.92. The summed E-state index contributed by atoms with van der Waals surface area (Å²) in [4.78, 5) is 25.0. The largest absolute Gasteiger partial charge is 0.493 e.